The third-order valence-electron chi connectivity index (χ3n) is 1.85. The molecule has 2 aliphatic heterocycles. The number of nitrogens with zero attached hydrogens (tertiary/aromatic N) is 1. The van der Waals surface area contributed by atoms with Gasteiger partial charge in [-0.1, -0.05) is 0 Å². The summed E-state index contributed by atoms with van der Waals surface area (Å²) in [5.41, 5.74) is 0.745. The maximum Gasteiger partial charge on any atom is 0.351 e. The van der Waals surface area contributed by atoms with Crippen molar-refractivity contribution in [1.29, 1.82) is 0 Å². The summed E-state index contributed by atoms with van der Waals surface area (Å²) >= 11 is 0. The summed E-state index contributed by atoms with van der Waals surface area (Å²) in [4.78, 5) is 24.9. The lowest BCUT2D eigenvalue weighted by Crippen LogP contribution is -2.30. The third kappa shape index (κ3) is 1.24. The molecule has 0 spiro atoms. The summed E-state index contributed by atoms with van der Waals surface area (Å²) in [7, 11) is 0. The van der Waals surface area contributed by atoms with Crippen molar-refractivity contribution in [2.24, 2.45) is 4.99 Å². The van der Waals surface area contributed by atoms with E-state index in [1.807, 2.05) is 0 Å². The number of carbonyl (C=O) groups is 2. The first-order valence-corrected chi connectivity index (χ1v) is 3.68. The van der Waals surface area contributed by atoms with Crippen molar-refractivity contribution in [3.8, 4) is 0 Å². The number of aliphatic imine (C=N–C) groups is 1. The van der Waals surface area contributed by atoms with Gasteiger partial charge in [-0.25, -0.2) is 9.79 Å². The molecule has 2 rings (SSSR count). The Labute approximate surface area is 73.5 Å². The molecular formula is C8H6N2O3. The number of carboxylic acid groups (broad SMARTS) is 1. The first-order chi connectivity index (χ1) is 6.16. The predicted octanol–water partition coefficient (Wildman–Crippen LogP) is -0.536. The number of nitrogens with one attached hydrogen (secondary N) is 1. The van der Waals surface area contributed by atoms with E-state index in [1.54, 1.807) is 0 Å². The molecule has 1 unspecified atom stereocenters. The van der Waals surface area contributed by atoms with Gasteiger partial charge in [0, 0.05) is 12.3 Å². The van der Waals surface area contributed by atoms with E-state index in [0.29, 0.717) is 5.57 Å². The van der Waals surface area contributed by atoms with Crippen molar-refractivity contribution >= 4 is 18.1 Å². The number of carbonyl (C=O) groups excluding carboxylic acids is 1. The van der Waals surface area contributed by atoms with E-state index in [1.165, 1.54) is 18.4 Å². The van der Waals surface area contributed by atoms with Crippen molar-refractivity contribution in [2.75, 3.05) is 0 Å². The van der Waals surface area contributed by atoms with Gasteiger partial charge in [0.25, 0.3) is 5.91 Å². The summed E-state index contributed by atoms with van der Waals surface area (Å²) in [6, 6.07) is -0.260. The smallest absolute Gasteiger partial charge is 0.351 e. The van der Waals surface area contributed by atoms with Gasteiger partial charge in [-0.2, -0.15) is 0 Å². The molecule has 13 heavy (non-hydrogen) atoms. The van der Waals surface area contributed by atoms with Crippen LogP contribution in [0.3, 0.4) is 0 Å². The van der Waals surface area contributed by atoms with Gasteiger partial charge >= 0.3 is 5.97 Å². The van der Waals surface area contributed by atoms with Gasteiger partial charge in [0.2, 0.25) is 0 Å². The fraction of sp³-hybridized carbons (Fsp3) is 0.125. The Hall–Kier alpha value is -1.91. The second-order valence-electron chi connectivity index (χ2n) is 2.75. The first kappa shape index (κ1) is 7.72. The van der Waals surface area contributed by atoms with Crippen LogP contribution < -0.4 is 5.32 Å². The molecular weight excluding hydrogens is 172 g/mol. The molecule has 0 aromatic heterocycles. The van der Waals surface area contributed by atoms with Gasteiger partial charge in [-0.15, -0.1) is 0 Å². The summed E-state index contributed by atoms with van der Waals surface area (Å²) in [5, 5.41) is 11.3. The predicted molar refractivity (Wildman–Crippen MR) is 44.2 cm³/mol. The van der Waals surface area contributed by atoms with E-state index in [-0.39, 0.29) is 17.6 Å². The molecule has 66 valence electrons. The number of fused-ring (bicyclic) bond motifs is 1. The minimum absolute atomic E-state index is 0.0948. The Morgan fingerprint density at radius 2 is 2.31 bits per heavy atom. The topological polar surface area (TPSA) is 78.8 Å². The summed E-state index contributed by atoms with van der Waals surface area (Å²) in [6.07, 6.45) is 4.17. The van der Waals surface area contributed by atoms with Gasteiger partial charge in [0.1, 0.15) is 5.70 Å². The highest BCUT2D eigenvalue weighted by molar-refractivity contribution is 6.02. The van der Waals surface area contributed by atoms with Crippen LogP contribution in [-0.2, 0) is 9.59 Å². The molecule has 2 N–H and O–H groups in total. The molecule has 5 nitrogen and oxygen atoms in total. The van der Waals surface area contributed by atoms with Crippen molar-refractivity contribution < 1.29 is 14.7 Å². The third-order valence-corrected chi connectivity index (χ3v) is 1.85. The van der Waals surface area contributed by atoms with Crippen LogP contribution in [0.25, 0.3) is 0 Å². The van der Waals surface area contributed by atoms with Crippen LogP contribution in [0.5, 0.6) is 0 Å². The average Bonchev–Trinajstić information content (AvgIpc) is 2.46. The number of hydrogen-bond donors (Lipinski definition) is 2. The van der Waals surface area contributed by atoms with E-state index in [4.69, 9.17) is 5.11 Å². The van der Waals surface area contributed by atoms with Gasteiger partial charge < -0.3 is 10.4 Å². The Balaban J connectivity index is 2.32. The minimum Gasteiger partial charge on any atom is -0.477 e. The Kier molecular flexibility index (Phi) is 1.51. The van der Waals surface area contributed by atoms with Crippen molar-refractivity contribution in [2.45, 2.75) is 6.04 Å². The van der Waals surface area contributed by atoms with E-state index in [0.717, 1.165) is 0 Å². The van der Waals surface area contributed by atoms with Crippen molar-refractivity contribution in [1.82, 2.24) is 5.32 Å². The summed E-state index contributed by atoms with van der Waals surface area (Å²) in [6.45, 7) is 0. The van der Waals surface area contributed by atoms with Gasteiger partial charge in [0.15, 0.2) is 0 Å². The maximum absolute atomic E-state index is 10.8. The number of rotatable bonds is 1. The molecule has 0 aromatic rings. The lowest BCUT2D eigenvalue weighted by atomic mass is 10.1. The Bertz CT molecular complexity index is 379. The summed E-state index contributed by atoms with van der Waals surface area (Å²) < 4.78 is 0. The van der Waals surface area contributed by atoms with Gasteiger partial charge in [-0.05, 0) is 11.6 Å². The molecule has 0 bridgehead atoms. The molecule has 0 aromatic carbocycles. The average molecular weight is 178 g/mol. The van der Waals surface area contributed by atoms with Crippen LogP contribution in [0.4, 0.5) is 0 Å². The fourth-order valence-electron chi connectivity index (χ4n) is 1.26. The molecule has 5 heteroatoms. The number of dihydropyridines is 1. The van der Waals surface area contributed by atoms with Gasteiger partial charge in [-0.3, -0.25) is 4.79 Å². The molecule has 1 amide bonds. The molecule has 0 aliphatic carbocycles. The quantitative estimate of drug-likeness (QED) is 0.565. The molecule has 0 saturated heterocycles. The largest absolute Gasteiger partial charge is 0.477 e. The van der Waals surface area contributed by atoms with Crippen LogP contribution in [0.2, 0.25) is 0 Å². The number of carboxylic acids is 1. The van der Waals surface area contributed by atoms with Crippen LogP contribution in [0.15, 0.2) is 28.4 Å². The van der Waals surface area contributed by atoms with Crippen LogP contribution in [0, 0.1) is 0 Å². The molecule has 2 heterocycles. The second kappa shape index (κ2) is 2.55. The number of aliphatic carboxylic acids is 1. The maximum atomic E-state index is 10.8. The van der Waals surface area contributed by atoms with Crippen LogP contribution in [0.1, 0.15) is 0 Å². The van der Waals surface area contributed by atoms with Gasteiger partial charge in [0.05, 0.1) is 6.04 Å². The Morgan fingerprint density at radius 3 is 3.00 bits per heavy atom. The zero-order valence-electron chi connectivity index (χ0n) is 6.52. The SMILES string of the molecule is O=C1C=C2C=C(C(=O)O)NC2C=N1. The zero-order chi connectivity index (χ0) is 9.42. The monoisotopic (exact) mass is 178 g/mol. The highest BCUT2D eigenvalue weighted by Gasteiger charge is 2.26. The van der Waals surface area contributed by atoms with E-state index >= 15 is 0 Å². The van der Waals surface area contributed by atoms with E-state index in [2.05, 4.69) is 10.3 Å². The van der Waals surface area contributed by atoms with Crippen LogP contribution >= 0.6 is 0 Å². The molecule has 0 radical (unpaired) electrons. The zero-order valence-corrected chi connectivity index (χ0v) is 6.52. The molecule has 0 saturated carbocycles. The van der Waals surface area contributed by atoms with E-state index < -0.39 is 5.97 Å². The van der Waals surface area contributed by atoms with Crippen LogP contribution in [-0.4, -0.2) is 29.2 Å². The second-order valence-corrected chi connectivity index (χ2v) is 2.75. The highest BCUT2D eigenvalue weighted by atomic mass is 16.4. The Morgan fingerprint density at radius 1 is 1.54 bits per heavy atom. The molecule has 1 atom stereocenters. The number of hydrogen-bond acceptors (Lipinski definition) is 3. The lowest BCUT2D eigenvalue weighted by molar-refractivity contribution is -0.133. The first-order valence-electron chi connectivity index (χ1n) is 3.68. The standard InChI is InChI=1S/C8H6N2O3/c11-7-2-4-1-5(8(12)13)10-6(4)3-9-7/h1-3,6,10H,(H,12,13). The lowest BCUT2D eigenvalue weighted by Gasteiger charge is -2.10. The normalized spacial score (nSPS) is 24.6. The fourth-order valence-corrected chi connectivity index (χ4v) is 1.26. The van der Waals surface area contributed by atoms with Crippen molar-refractivity contribution in [3.63, 3.8) is 0 Å². The van der Waals surface area contributed by atoms with E-state index in [9.17, 15) is 9.59 Å². The highest BCUT2D eigenvalue weighted by Crippen LogP contribution is 2.17. The van der Waals surface area contributed by atoms with Crippen molar-refractivity contribution in [3.05, 3.63) is 23.4 Å². The molecule has 2 aliphatic rings. The summed E-state index contributed by atoms with van der Waals surface area (Å²) in [5.74, 6) is -1.38. The molecule has 0 fully saturated rings. The minimum atomic E-state index is -1.03. The number of amides is 1.